The Morgan fingerprint density at radius 2 is 2.50 bits per heavy atom. The van der Waals surface area contributed by atoms with E-state index in [4.69, 9.17) is 10.5 Å². The van der Waals surface area contributed by atoms with Gasteiger partial charge in [-0.15, -0.1) is 0 Å². The third kappa shape index (κ3) is 2.51. The number of aryl methyl sites for hydroxylation is 1. The van der Waals surface area contributed by atoms with Crippen LogP contribution < -0.4 is 11.1 Å². The van der Waals surface area contributed by atoms with E-state index in [1.165, 1.54) is 11.3 Å². The molecule has 1 aromatic rings. The molecule has 3 N–H and O–H groups in total. The first-order chi connectivity index (χ1) is 7.66. The maximum atomic E-state index is 11.9. The Balaban J connectivity index is 1.99. The number of ether oxygens (including phenoxy) is 1. The highest BCUT2D eigenvalue weighted by Gasteiger charge is 2.20. The fourth-order valence-electron chi connectivity index (χ4n) is 1.73. The first-order valence-corrected chi connectivity index (χ1v) is 6.10. The first kappa shape index (κ1) is 11.3. The van der Waals surface area contributed by atoms with Crippen molar-refractivity contribution in [3.05, 3.63) is 10.6 Å². The van der Waals surface area contributed by atoms with Crippen LogP contribution in [-0.2, 0) is 4.74 Å². The number of nitrogens with two attached hydrogens (primary N) is 1. The van der Waals surface area contributed by atoms with E-state index in [0.29, 0.717) is 22.3 Å². The number of carbonyl (C=O) groups excluding carboxylic acids is 1. The summed E-state index contributed by atoms with van der Waals surface area (Å²) >= 11 is 1.22. The van der Waals surface area contributed by atoms with E-state index in [-0.39, 0.29) is 11.9 Å². The number of amides is 1. The average molecular weight is 241 g/mol. The summed E-state index contributed by atoms with van der Waals surface area (Å²) in [7, 11) is 0. The molecule has 1 aromatic heterocycles. The maximum Gasteiger partial charge on any atom is 0.263 e. The molecule has 5 nitrogen and oxygen atoms in total. The molecule has 0 saturated carbocycles. The number of nitrogens with one attached hydrogen (secondary N) is 1. The summed E-state index contributed by atoms with van der Waals surface area (Å²) < 4.78 is 5.30. The molecule has 1 aliphatic rings. The Bertz CT molecular complexity index is 385. The number of carbonyl (C=O) groups is 1. The fraction of sp³-hybridized carbons (Fsp3) is 0.600. The van der Waals surface area contributed by atoms with Crippen LogP contribution in [0.25, 0.3) is 0 Å². The maximum absolute atomic E-state index is 11.9. The Morgan fingerprint density at radius 1 is 1.69 bits per heavy atom. The largest absolute Gasteiger partial charge is 0.379 e. The molecular formula is C10H15N3O2S. The first-order valence-electron chi connectivity index (χ1n) is 5.28. The number of hydrogen-bond donors (Lipinski definition) is 2. The van der Waals surface area contributed by atoms with Gasteiger partial charge in [-0.2, -0.15) is 0 Å². The number of rotatable bonds is 2. The number of nitrogen functional groups attached to an aromatic ring is 1. The number of anilines is 1. The summed E-state index contributed by atoms with van der Waals surface area (Å²) in [5.74, 6) is -0.0952. The third-order valence-corrected chi connectivity index (χ3v) is 3.50. The number of hydrogen-bond acceptors (Lipinski definition) is 5. The standard InChI is InChI=1S/C10H15N3O2S/c1-6-8(16-10(11)12-6)9(14)13-7-3-2-4-15-5-7/h7H,2-5H2,1H3,(H2,11,12)(H,13,14). The van der Waals surface area contributed by atoms with Gasteiger partial charge in [0.1, 0.15) is 4.88 Å². The van der Waals surface area contributed by atoms with Crippen molar-refractivity contribution < 1.29 is 9.53 Å². The van der Waals surface area contributed by atoms with E-state index >= 15 is 0 Å². The zero-order valence-corrected chi connectivity index (χ0v) is 9.97. The highest BCUT2D eigenvalue weighted by molar-refractivity contribution is 7.17. The van der Waals surface area contributed by atoms with Crippen molar-refractivity contribution in [3.8, 4) is 0 Å². The van der Waals surface area contributed by atoms with Crippen LogP contribution in [0.15, 0.2) is 0 Å². The van der Waals surface area contributed by atoms with Gasteiger partial charge in [0, 0.05) is 6.61 Å². The molecule has 2 heterocycles. The quantitative estimate of drug-likeness (QED) is 0.808. The zero-order valence-electron chi connectivity index (χ0n) is 9.16. The summed E-state index contributed by atoms with van der Waals surface area (Å²) in [5, 5.41) is 3.37. The van der Waals surface area contributed by atoms with Crippen molar-refractivity contribution in [2.75, 3.05) is 18.9 Å². The van der Waals surface area contributed by atoms with Crippen LogP contribution in [0.2, 0.25) is 0 Å². The smallest absolute Gasteiger partial charge is 0.263 e. The Kier molecular flexibility index (Phi) is 3.40. The van der Waals surface area contributed by atoms with Crippen LogP contribution in [0.1, 0.15) is 28.2 Å². The van der Waals surface area contributed by atoms with E-state index in [1.54, 1.807) is 6.92 Å². The van der Waals surface area contributed by atoms with Crippen molar-refractivity contribution in [1.29, 1.82) is 0 Å². The van der Waals surface area contributed by atoms with Crippen LogP contribution in [0.5, 0.6) is 0 Å². The molecule has 1 saturated heterocycles. The molecule has 88 valence electrons. The van der Waals surface area contributed by atoms with E-state index in [9.17, 15) is 4.79 Å². The van der Waals surface area contributed by atoms with Gasteiger partial charge in [-0.25, -0.2) is 4.98 Å². The molecule has 0 radical (unpaired) electrons. The highest BCUT2D eigenvalue weighted by Crippen LogP contribution is 2.19. The molecule has 0 bridgehead atoms. The van der Waals surface area contributed by atoms with Gasteiger partial charge in [0.15, 0.2) is 5.13 Å². The number of nitrogens with zero attached hydrogens (tertiary/aromatic N) is 1. The minimum atomic E-state index is -0.0952. The van der Waals surface area contributed by atoms with E-state index in [1.807, 2.05) is 0 Å². The van der Waals surface area contributed by atoms with Crippen molar-refractivity contribution in [3.63, 3.8) is 0 Å². The summed E-state index contributed by atoms with van der Waals surface area (Å²) in [6.07, 6.45) is 1.97. The van der Waals surface area contributed by atoms with Crippen molar-refractivity contribution in [2.45, 2.75) is 25.8 Å². The summed E-state index contributed by atoms with van der Waals surface area (Å²) in [5.41, 5.74) is 6.24. The van der Waals surface area contributed by atoms with Gasteiger partial charge in [-0.05, 0) is 19.8 Å². The zero-order chi connectivity index (χ0) is 11.5. The van der Waals surface area contributed by atoms with Gasteiger partial charge in [0.2, 0.25) is 0 Å². The lowest BCUT2D eigenvalue weighted by Gasteiger charge is -2.22. The summed E-state index contributed by atoms with van der Waals surface area (Å²) in [6.45, 7) is 3.18. The van der Waals surface area contributed by atoms with Crippen molar-refractivity contribution in [1.82, 2.24) is 10.3 Å². The molecule has 1 fully saturated rings. The van der Waals surface area contributed by atoms with Crippen LogP contribution in [-0.4, -0.2) is 30.1 Å². The molecule has 1 aliphatic heterocycles. The van der Waals surface area contributed by atoms with Crippen LogP contribution in [0, 0.1) is 6.92 Å². The molecule has 6 heteroatoms. The van der Waals surface area contributed by atoms with Gasteiger partial charge in [0.05, 0.1) is 18.3 Å². The van der Waals surface area contributed by atoms with E-state index < -0.39 is 0 Å². The van der Waals surface area contributed by atoms with Gasteiger partial charge in [-0.1, -0.05) is 11.3 Å². The topological polar surface area (TPSA) is 77.2 Å². The van der Waals surface area contributed by atoms with Crippen molar-refractivity contribution >= 4 is 22.4 Å². The minimum Gasteiger partial charge on any atom is -0.379 e. The Hall–Kier alpha value is -1.14. The van der Waals surface area contributed by atoms with Gasteiger partial charge < -0.3 is 15.8 Å². The molecule has 0 aromatic carbocycles. The molecule has 0 spiro atoms. The molecule has 1 unspecified atom stereocenters. The molecular weight excluding hydrogens is 226 g/mol. The lowest BCUT2D eigenvalue weighted by atomic mass is 10.1. The molecule has 1 amide bonds. The van der Waals surface area contributed by atoms with Gasteiger partial charge >= 0.3 is 0 Å². The van der Waals surface area contributed by atoms with Gasteiger partial charge in [-0.3, -0.25) is 4.79 Å². The third-order valence-electron chi connectivity index (χ3n) is 2.51. The second kappa shape index (κ2) is 4.80. The molecule has 1 atom stereocenters. The van der Waals surface area contributed by atoms with E-state index in [0.717, 1.165) is 19.4 Å². The Morgan fingerprint density at radius 3 is 3.06 bits per heavy atom. The monoisotopic (exact) mass is 241 g/mol. The van der Waals surface area contributed by atoms with Crippen LogP contribution in [0.4, 0.5) is 5.13 Å². The molecule has 2 rings (SSSR count). The highest BCUT2D eigenvalue weighted by atomic mass is 32.1. The van der Waals surface area contributed by atoms with Gasteiger partial charge in [0.25, 0.3) is 5.91 Å². The second-order valence-corrected chi connectivity index (χ2v) is 4.88. The molecule has 0 aliphatic carbocycles. The lowest BCUT2D eigenvalue weighted by molar-refractivity contribution is 0.0625. The van der Waals surface area contributed by atoms with Crippen LogP contribution >= 0.6 is 11.3 Å². The van der Waals surface area contributed by atoms with Crippen molar-refractivity contribution in [2.24, 2.45) is 0 Å². The normalized spacial score (nSPS) is 20.7. The predicted molar refractivity (Wildman–Crippen MR) is 62.6 cm³/mol. The molecule has 16 heavy (non-hydrogen) atoms. The van der Waals surface area contributed by atoms with E-state index in [2.05, 4.69) is 10.3 Å². The summed E-state index contributed by atoms with van der Waals surface area (Å²) in [6, 6.07) is 0.115. The minimum absolute atomic E-state index is 0.0952. The lowest BCUT2D eigenvalue weighted by Crippen LogP contribution is -2.40. The second-order valence-electron chi connectivity index (χ2n) is 3.85. The average Bonchev–Trinajstić information content (AvgIpc) is 2.59. The predicted octanol–water partition coefficient (Wildman–Crippen LogP) is 0.943. The SMILES string of the molecule is Cc1nc(N)sc1C(=O)NC1CCCOC1. The number of aromatic nitrogens is 1. The Labute approximate surface area is 98.0 Å². The summed E-state index contributed by atoms with van der Waals surface area (Å²) in [4.78, 5) is 16.5. The fourth-order valence-corrected chi connectivity index (χ4v) is 2.47. The number of thiazole rings is 1. The van der Waals surface area contributed by atoms with Crippen LogP contribution in [0.3, 0.4) is 0 Å².